The molecule has 4 heteroatoms. The first-order valence-corrected chi connectivity index (χ1v) is 7.93. The van der Waals surface area contributed by atoms with Gasteiger partial charge in [-0.15, -0.1) is 11.8 Å². The van der Waals surface area contributed by atoms with Gasteiger partial charge in [0.1, 0.15) is 11.1 Å². The van der Waals surface area contributed by atoms with Crippen molar-refractivity contribution >= 4 is 28.6 Å². The lowest BCUT2D eigenvalue weighted by atomic mass is 10.1. The van der Waals surface area contributed by atoms with Gasteiger partial charge in [0.15, 0.2) is 5.78 Å². The van der Waals surface area contributed by atoms with Crippen molar-refractivity contribution in [1.29, 1.82) is 0 Å². The number of imidazole rings is 1. The summed E-state index contributed by atoms with van der Waals surface area (Å²) < 4.78 is 0. The Morgan fingerprint density at radius 1 is 1.05 bits per heavy atom. The molecule has 0 radical (unpaired) electrons. The van der Waals surface area contributed by atoms with E-state index in [0.29, 0.717) is 6.42 Å². The van der Waals surface area contributed by atoms with Crippen LogP contribution in [0.25, 0.3) is 11.0 Å². The van der Waals surface area contributed by atoms with Gasteiger partial charge in [-0.2, -0.15) is 0 Å². The van der Waals surface area contributed by atoms with E-state index in [1.807, 2.05) is 42.5 Å². The summed E-state index contributed by atoms with van der Waals surface area (Å²) in [5.41, 5.74) is 3.13. The number of hydrogen-bond donors (Lipinski definition) is 1. The molecule has 104 valence electrons. The van der Waals surface area contributed by atoms with Crippen LogP contribution in [0.3, 0.4) is 0 Å². The highest BCUT2D eigenvalue weighted by molar-refractivity contribution is 8.01. The number of aromatic nitrogens is 2. The normalized spacial score (nSPS) is 22.0. The summed E-state index contributed by atoms with van der Waals surface area (Å²) in [7, 11) is 0. The maximum Gasteiger partial charge on any atom is 0.154 e. The van der Waals surface area contributed by atoms with E-state index in [1.54, 1.807) is 11.8 Å². The number of carbonyl (C=O) groups is 1. The third kappa shape index (κ3) is 2.25. The second-order valence-electron chi connectivity index (χ2n) is 5.23. The molecular formula is C17H14N2OS. The summed E-state index contributed by atoms with van der Waals surface area (Å²) in [5, 5.41) is 0.0551. The highest BCUT2D eigenvalue weighted by Gasteiger charge is 2.36. The summed E-state index contributed by atoms with van der Waals surface area (Å²) in [4.78, 5) is 20.2. The Labute approximate surface area is 126 Å². The highest BCUT2D eigenvalue weighted by atomic mass is 32.2. The van der Waals surface area contributed by atoms with Crippen molar-refractivity contribution in [2.45, 2.75) is 16.9 Å². The number of rotatable bonds is 2. The van der Waals surface area contributed by atoms with Crippen molar-refractivity contribution in [3.05, 3.63) is 66.0 Å². The van der Waals surface area contributed by atoms with Crippen molar-refractivity contribution in [3.8, 4) is 0 Å². The van der Waals surface area contributed by atoms with Crippen molar-refractivity contribution in [2.24, 2.45) is 0 Å². The lowest BCUT2D eigenvalue weighted by molar-refractivity contribution is -0.118. The molecule has 1 aliphatic heterocycles. The van der Waals surface area contributed by atoms with Crippen LogP contribution in [0.2, 0.25) is 0 Å². The molecular weight excluding hydrogens is 280 g/mol. The first-order valence-electron chi connectivity index (χ1n) is 6.99. The smallest absolute Gasteiger partial charge is 0.154 e. The van der Waals surface area contributed by atoms with Gasteiger partial charge in [-0.3, -0.25) is 4.79 Å². The van der Waals surface area contributed by atoms with Crippen molar-refractivity contribution in [2.75, 3.05) is 0 Å². The molecule has 3 nitrogen and oxygen atoms in total. The fraction of sp³-hybridized carbons (Fsp3) is 0.176. The van der Waals surface area contributed by atoms with E-state index in [9.17, 15) is 4.79 Å². The number of benzene rings is 2. The van der Waals surface area contributed by atoms with Gasteiger partial charge in [-0.1, -0.05) is 42.5 Å². The van der Waals surface area contributed by atoms with Crippen LogP contribution >= 0.6 is 11.8 Å². The number of thioether (sulfide) groups is 1. The minimum Gasteiger partial charge on any atom is -0.341 e. The zero-order valence-corrected chi connectivity index (χ0v) is 12.1. The number of nitrogens with zero attached hydrogens (tertiary/aromatic N) is 1. The topological polar surface area (TPSA) is 45.8 Å². The van der Waals surface area contributed by atoms with E-state index in [-0.39, 0.29) is 16.3 Å². The molecule has 2 heterocycles. The van der Waals surface area contributed by atoms with Gasteiger partial charge in [0.25, 0.3) is 0 Å². The average molecular weight is 294 g/mol. The van der Waals surface area contributed by atoms with E-state index in [0.717, 1.165) is 16.9 Å². The van der Waals surface area contributed by atoms with Crippen LogP contribution in [0.4, 0.5) is 0 Å². The number of ketones is 1. The molecule has 0 saturated carbocycles. The van der Waals surface area contributed by atoms with Gasteiger partial charge in [-0.25, -0.2) is 4.98 Å². The van der Waals surface area contributed by atoms with Crippen LogP contribution < -0.4 is 0 Å². The summed E-state index contributed by atoms with van der Waals surface area (Å²) in [6.45, 7) is 0. The van der Waals surface area contributed by atoms with Gasteiger partial charge in [0, 0.05) is 11.7 Å². The molecule has 2 atom stereocenters. The Bertz CT molecular complexity index is 764. The SMILES string of the molecule is O=C1CC(c2ccccc2)SC1c1nc2ccccc2[nH]1. The van der Waals surface area contributed by atoms with Crippen LogP contribution in [-0.4, -0.2) is 15.8 Å². The molecule has 21 heavy (non-hydrogen) atoms. The molecule has 0 aliphatic carbocycles. The molecule has 4 rings (SSSR count). The fourth-order valence-corrected chi connectivity index (χ4v) is 4.15. The molecule has 0 spiro atoms. The maximum atomic E-state index is 12.4. The molecule has 2 aromatic carbocycles. The Morgan fingerprint density at radius 3 is 2.62 bits per heavy atom. The lowest BCUT2D eigenvalue weighted by Gasteiger charge is -2.08. The zero-order valence-electron chi connectivity index (χ0n) is 11.3. The third-order valence-corrected chi connectivity index (χ3v) is 5.33. The minimum atomic E-state index is -0.178. The number of fused-ring (bicyclic) bond motifs is 1. The minimum absolute atomic E-state index is 0.178. The van der Waals surface area contributed by atoms with Crippen LogP contribution in [0, 0.1) is 0 Å². The standard InChI is InChI=1S/C17H14N2OS/c20-14-10-15(11-6-2-1-3-7-11)21-16(14)17-18-12-8-4-5-9-13(12)19-17/h1-9,15-16H,10H2,(H,18,19). The van der Waals surface area contributed by atoms with Crippen LogP contribution in [-0.2, 0) is 4.79 Å². The number of nitrogens with one attached hydrogen (secondary N) is 1. The molecule has 0 bridgehead atoms. The average Bonchev–Trinajstić information content (AvgIpc) is 3.11. The first-order chi connectivity index (χ1) is 10.3. The number of carbonyl (C=O) groups excluding carboxylic acids is 1. The maximum absolute atomic E-state index is 12.4. The van der Waals surface area contributed by atoms with E-state index >= 15 is 0 Å². The predicted octanol–water partition coefficient (Wildman–Crippen LogP) is 4.05. The number of para-hydroxylation sites is 2. The zero-order chi connectivity index (χ0) is 14.2. The molecule has 1 saturated heterocycles. The quantitative estimate of drug-likeness (QED) is 0.775. The number of H-pyrrole nitrogens is 1. The molecule has 1 fully saturated rings. The summed E-state index contributed by atoms with van der Waals surface area (Å²) in [6, 6.07) is 18.1. The Hall–Kier alpha value is -2.07. The first kappa shape index (κ1) is 12.7. The lowest BCUT2D eigenvalue weighted by Crippen LogP contribution is -2.03. The Balaban J connectivity index is 1.65. The molecule has 3 aromatic rings. The second kappa shape index (κ2) is 5.04. The molecule has 1 aromatic heterocycles. The molecule has 1 N–H and O–H groups in total. The third-order valence-electron chi connectivity index (χ3n) is 3.81. The molecule has 1 aliphatic rings. The number of hydrogen-bond acceptors (Lipinski definition) is 3. The fourth-order valence-electron chi connectivity index (χ4n) is 2.76. The second-order valence-corrected chi connectivity index (χ2v) is 6.54. The largest absolute Gasteiger partial charge is 0.341 e. The van der Waals surface area contributed by atoms with E-state index < -0.39 is 0 Å². The molecule has 0 amide bonds. The van der Waals surface area contributed by atoms with Gasteiger partial charge >= 0.3 is 0 Å². The van der Waals surface area contributed by atoms with Crippen LogP contribution in [0.15, 0.2) is 54.6 Å². The van der Waals surface area contributed by atoms with Crippen molar-refractivity contribution in [1.82, 2.24) is 9.97 Å². The number of aromatic amines is 1. The Kier molecular flexibility index (Phi) is 3.04. The van der Waals surface area contributed by atoms with E-state index in [2.05, 4.69) is 22.1 Å². The van der Waals surface area contributed by atoms with Crippen LogP contribution in [0.1, 0.15) is 28.3 Å². The van der Waals surface area contributed by atoms with Gasteiger partial charge in [-0.05, 0) is 17.7 Å². The monoisotopic (exact) mass is 294 g/mol. The Morgan fingerprint density at radius 2 is 1.81 bits per heavy atom. The van der Waals surface area contributed by atoms with Gasteiger partial charge < -0.3 is 4.98 Å². The highest BCUT2D eigenvalue weighted by Crippen LogP contribution is 2.49. The van der Waals surface area contributed by atoms with E-state index in [1.165, 1.54) is 5.56 Å². The number of Topliss-reactive ketones (excluding diaryl/α,β-unsaturated/α-hetero) is 1. The summed E-state index contributed by atoms with van der Waals surface area (Å²) in [5.74, 6) is 1.04. The molecule has 2 unspecified atom stereocenters. The van der Waals surface area contributed by atoms with Gasteiger partial charge in [0.05, 0.1) is 11.0 Å². The summed E-state index contributed by atoms with van der Waals surface area (Å²) >= 11 is 1.70. The van der Waals surface area contributed by atoms with Gasteiger partial charge in [0.2, 0.25) is 0 Å². The van der Waals surface area contributed by atoms with Crippen LogP contribution in [0.5, 0.6) is 0 Å². The predicted molar refractivity (Wildman–Crippen MR) is 85.2 cm³/mol. The summed E-state index contributed by atoms with van der Waals surface area (Å²) in [6.07, 6.45) is 0.580. The van der Waals surface area contributed by atoms with E-state index in [4.69, 9.17) is 0 Å². The van der Waals surface area contributed by atoms with Crippen molar-refractivity contribution in [3.63, 3.8) is 0 Å². The van der Waals surface area contributed by atoms with Crippen molar-refractivity contribution < 1.29 is 4.79 Å².